The van der Waals surface area contributed by atoms with Crippen LogP contribution in [0.2, 0.25) is 0 Å². The van der Waals surface area contributed by atoms with Crippen LogP contribution in [0, 0.1) is 5.82 Å². The summed E-state index contributed by atoms with van der Waals surface area (Å²) in [7, 11) is -3.85. The van der Waals surface area contributed by atoms with Crippen LogP contribution in [0.15, 0.2) is 27.6 Å². The minimum Gasteiger partial charge on any atom is -0.396 e. The SMILES string of the molecule is O=S(=O)(c1ccc(Br)cc1F)N(CCCO)C1CCC1. The van der Waals surface area contributed by atoms with Gasteiger partial charge in [0.2, 0.25) is 10.0 Å². The van der Waals surface area contributed by atoms with Crippen molar-refractivity contribution < 1.29 is 17.9 Å². The maximum atomic E-state index is 13.9. The average Bonchev–Trinajstić information content (AvgIpc) is 2.31. The van der Waals surface area contributed by atoms with E-state index < -0.39 is 15.8 Å². The lowest BCUT2D eigenvalue weighted by Gasteiger charge is -2.36. The Morgan fingerprint density at radius 1 is 1.40 bits per heavy atom. The molecule has 0 saturated heterocycles. The Morgan fingerprint density at radius 2 is 2.10 bits per heavy atom. The van der Waals surface area contributed by atoms with Crippen LogP contribution in [0.5, 0.6) is 0 Å². The fourth-order valence-corrected chi connectivity index (χ4v) is 4.31. The molecule has 0 aromatic heterocycles. The van der Waals surface area contributed by atoms with Crippen LogP contribution in [0.1, 0.15) is 25.7 Å². The van der Waals surface area contributed by atoms with Crippen molar-refractivity contribution >= 4 is 26.0 Å². The summed E-state index contributed by atoms with van der Waals surface area (Å²) in [6, 6.07) is 3.87. The van der Waals surface area contributed by atoms with Crippen molar-refractivity contribution in [3.05, 3.63) is 28.5 Å². The predicted molar refractivity (Wildman–Crippen MR) is 77.3 cm³/mol. The molecule has 1 fully saturated rings. The topological polar surface area (TPSA) is 57.6 Å². The molecule has 1 aliphatic carbocycles. The van der Waals surface area contributed by atoms with Crippen LogP contribution in [0.3, 0.4) is 0 Å². The van der Waals surface area contributed by atoms with Gasteiger partial charge in [0, 0.05) is 23.7 Å². The number of aliphatic hydroxyl groups is 1. The molecule has 0 aliphatic heterocycles. The van der Waals surface area contributed by atoms with Crippen LogP contribution < -0.4 is 0 Å². The number of halogens is 2. The number of benzene rings is 1. The van der Waals surface area contributed by atoms with Crippen molar-refractivity contribution in [1.82, 2.24) is 4.31 Å². The van der Waals surface area contributed by atoms with Crippen molar-refractivity contribution in [1.29, 1.82) is 0 Å². The van der Waals surface area contributed by atoms with Gasteiger partial charge in [0.1, 0.15) is 10.7 Å². The highest BCUT2D eigenvalue weighted by molar-refractivity contribution is 9.10. The molecule has 4 nitrogen and oxygen atoms in total. The van der Waals surface area contributed by atoms with Gasteiger partial charge in [-0.2, -0.15) is 4.31 Å². The van der Waals surface area contributed by atoms with Gasteiger partial charge in [0.15, 0.2) is 0 Å². The highest BCUT2D eigenvalue weighted by Gasteiger charge is 2.35. The average molecular weight is 366 g/mol. The zero-order valence-electron chi connectivity index (χ0n) is 10.9. The molecule has 1 aromatic rings. The Morgan fingerprint density at radius 3 is 2.60 bits per heavy atom. The Kier molecular flexibility index (Phi) is 5.17. The second kappa shape index (κ2) is 6.51. The fraction of sp³-hybridized carbons (Fsp3) is 0.538. The van der Waals surface area contributed by atoms with Crippen LogP contribution in [-0.4, -0.2) is 37.0 Å². The Balaban J connectivity index is 2.33. The molecule has 0 bridgehead atoms. The lowest BCUT2D eigenvalue weighted by molar-refractivity contribution is 0.198. The van der Waals surface area contributed by atoms with Crippen molar-refractivity contribution in [2.24, 2.45) is 0 Å². The van der Waals surface area contributed by atoms with Crippen molar-refractivity contribution in [3.8, 4) is 0 Å². The Hall–Kier alpha value is -0.500. The highest BCUT2D eigenvalue weighted by atomic mass is 79.9. The summed E-state index contributed by atoms with van der Waals surface area (Å²) in [4.78, 5) is -0.300. The predicted octanol–water partition coefficient (Wildman–Crippen LogP) is 2.51. The molecule has 0 radical (unpaired) electrons. The summed E-state index contributed by atoms with van der Waals surface area (Å²) in [6.07, 6.45) is 2.93. The summed E-state index contributed by atoms with van der Waals surface area (Å²) in [5.74, 6) is -0.757. The Labute approximate surface area is 126 Å². The van der Waals surface area contributed by atoms with Gasteiger partial charge in [-0.15, -0.1) is 0 Å². The molecule has 0 unspecified atom stereocenters. The fourth-order valence-electron chi connectivity index (χ4n) is 2.21. The first-order valence-electron chi connectivity index (χ1n) is 6.54. The first-order chi connectivity index (χ1) is 9.46. The number of sulfonamides is 1. The first-order valence-corrected chi connectivity index (χ1v) is 8.78. The van der Waals surface area contributed by atoms with E-state index >= 15 is 0 Å². The Bertz CT molecular complexity index is 575. The lowest BCUT2D eigenvalue weighted by Crippen LogP contribution is -2.45. The number of aliphatic hydroxyl groups excluding tert-OH is 1. The van der Waals surface area contributed by atoms with E-state index in [9.17, 15) is 12.8 Å². The summed E-state index contributed by atoms with van der Waals surface area (Å²) < 4.78 is 40.9. The summed E-state index contributed by atoms with van der Waals surface area (Å²) in [6.45, 7) is 0.139. The molecule has 0 amide bonds. The zero-order chi connectivity index (χ0) is 14.8. The quantitative estimate of drug-likeness (QED) is 0.842. The van der Waals surface area contributed by atoms with E-state index in [0.29, 0.717) is 10.9 Å². The molecule has 1 saturated carbocycles. The van der Waals surface area contributed by atoms with E-state index in [-0.39, 0.29) is 24.1 Å². The third-order valence-electron chi connectivity index (χ3n) is 3.50. The molecule has 0 spiro atoms. The number of nitrogens with zero attached hydrogens (tertiary/aromatic N) is 1. The second-order valence-corrected chi connectivity index (χ2v) is 7.63. The maximum Gasteiger partial charge on any atom is 0.246 e. The zero-order valence-corrected chi connectivity index (χ0v) is 13.3. The third kappa shape index (κ3) is 3.21. The number of hydrogen-bond donors (Lipinski definition) is 1. The second-order valence-electron chi connectivity index (χ2n) is 4.85. The van der Waals surface area contributed by atoms with Crippen LogP contribution in [0.25, 0.3) is 0 Å². The van der Waals surface area contributed by atoms with E-state index in [1.165, 1.54) is 16.4 Å². The third-order valence-corrected chi connectivity index (χ3v) is 5.98. The minimum atomic E-state index is -3.85. The summed E-state index contributed by atoms with van der Waals surface area (Å²) in [5, 5.41) is 8.91. The molecule has 7 heteroatoms. The lowest BCUT2D eigenvalue weighted by atomic mass is 9.93. The molecule has 20 heavy (non-hydrogen) atoms. The largest absolute Gasteiger partial charge is 0.396 e. The van der Waals surface area contributed by atoms with Gasteiger partial charge in [0.05, 0.1) is 0 Å². The maximum absolute atomic E-state index is 13.9. The van der Waals surface area contributed by atoms with Gasteiger partial charge in [-0.25, -0.2) is 12.8 Å². The van der Waals surface area contributed by atoms with Crippen LogP contribution in [0.4, 0.5) is 4.39 Å². The van der Waals surface area contributed by atoms with Gasteiger partial charge in [0.25, 0.3) is 0 Å². The molecule has 1 aliphatic rings. The van der Waals surface area contributed by atoms with Crippen LogP contribution in [-0.2, 0) is 10.0 Å². The molecule has 1 N–H and O–H groups in total. The number of rotatable bonds is 6. The van der Waals surface area contributed by atoms with Gasteiger partial charge in [-0.1, -0.05) is 22.4 Å². The van der Waals surface area contributed by atoms with E-state index in [1.807, 2.05) is 0 Å². The molecule has 0 atom stereocenters. The monoisotopic (exact) mass is 365 g/mol. The molecule has 0 heterocycles. The van der Waals surface area contributed by atoms with Crippen molar-refractivity contribution in [3.63, 3.8) is 0 Å². The molecule has 112 valence electrons. The van der Waals surface area contributed by atoms with E-state index in [2.05, 4.69) is 15.9 Å². The van der Waals surface area contributed by atoms with Gasteiger partial charge in [-0.05, 0) is 37.5 Å². The normalized spacial score (nSPS) is 16.4. The first kappa shape index (κ1) is 15.9. The van der Waals surface area contributed by atoms with Gasteiger partial charge < -0.3 is 5.11 Å². The minimum absolute atomic E-state index is 0.0744. The standard InChI is InChI=1S/C13H17BrFNO3S/c14-10-5-6-13(12(15)9-10)20(18,19)16(7-2-8-17)11-3-1-4-11/h5-6,9,11,17H,1-4,7-8H2. The molecular weight excluding hydrogens is 349 g/mol. The van der Waals surface area contributed by atoms with Crippen molar-refractivity contribution in [2.75, 3.05) is 13.2 Å². The molecular formula is C13H17BrFNO3S. The van der Waals surface area contributed by atoms with E-state index in [0.717, 1.165) is 25.3 Å². The van der Waals surface area contributed by atoms with Crippen LogP contribution >= 0.6 is 15.9 Å². The van der Waals surface area contributed by atoms with E-state index in [1.54, 1.807) is 0 Å². The smallest absolute Gasteiger partial charge is 0.246 e. The summed E-state index contributed by atoms with van der Waals surface area (Å²) >= 11 is 3.11. The van der Waals surface area contributed by atoms with Gasteiger partial charge in [-0.3, -0.25) is 0 Å². The van der Waals surface area contributed by atoms with E-state index in [4.69, 9.17) is 5.11 Å². The molecule has 2 rings (SSSR count). The summed E-state index contributed by atoms with van der Waals surface area (Å²) in [5.41, 5.74) is 0. The number of hydrogen-bond acceptors (Lipinski definition) is 3. The van der Waals surface area contributed by atoms with Crippen molar-refractivity contribution in [2.45, 2.75) is 36.6 Å². The molecule has 1 aromatic carbocycles. The highest BCUT2D eigenvalue weighted by Crippen LogP contribution is 2.31. The van der Waals surface area contributed by atoms with Gasteiger partial charge >= 0.3 is 0 Å².